The zero-order valence-corrected chi connectivity index (χ0v) is 11.9. The summed E-state index contributed by atoms with van der Waals surface area (Å²) in [5.74, 6) is -1.32. The summed E-state index contributed by atoms with van der Waals surface area (Å²) in [6.07, 6.45) is -3.90. The lowest BCUT2D eigenvalue weighted by atomic mass is 10.2. The van der Waals surface area contributed by atoms with E-state index in [1.54, 1.807) is 0 Å². The van der Waals surface area contributed by atoms with Crippen LogP contribution in [0.2, 0.25) is 0 Å². The van der Waals surface area contributed by atoms with Crippen LogP contribution in [-0.2, 0) is 6.18 Å². The number of hydrogen-bond donors (Lipinski definition) is 1. The molecule has 0 aliphatic carbocycles. The maximum atomic E-state index is 12.4. The number of aromatic carboxylic acids is 1. The first kappa shape index (κ1) is 16.7. The van der Waals surface area contributed by atoms with Crippen molar-refractivity contribution >= 4 is 23.4 Å². The third-order valence-corrected chi connectivity index (χ3v) is 3.70. The number of benzene rings is 1. The molecule has 0 aliphatic heterocycles. The van der Waals surface area contributed by atoms with Gasteiger partial charge in [-0.3, -0.25) is 10.1 Å². The van der Waals surface area contributed by atoms with Crippen molar-refractivity contribution in [3.63, 3.8) is 0 Å². The molecular weight excluding hydrogens is 337 g/mol. The number of pyridine rings is 1. The highest BCUT2D eigenvalue weighted by molar-refractivity contribution is 7.99. The van der Waals surface area contributed by atoms with Crippen LogP contribution in [0.5, 0.6) is 0 Å². The van der Waals surface area contributed by atoms with Crippen molar-refractivity contribution < 1.29 is 28.0 Å². The highest BCUT2D eigenvalue weighted by Crippen LogP contribution is 2.36. The van der Waals surface area contributed by atoms with E-state index in [2.05, 4.69) is 4.98 Å². The van der Waals surface area contributed by atoms with Crippen molar-refractivity contribution in [3.05, 3.63) is 57.8 Å². The van der Waals surface area contributed by atoms with Gasteiger partial charge in [0.15, 0.2) is 0 Å². The van der Waals surface area contributed by atoms with Gasteiger partial charge in [-0.25, -0.2) is 9.78 Å². The van der Waals surface area contributed by atoms with Gasteiger partial charge in [0.2, 0.25) is 0 Å². The highest BCUT2D eigenvalue weighted by atomic mass is 32.2. The van der Waals surface area contributed by atoms with Gasteiger partial charge >= 0.3 is 12.1 Å². The molecule has 6 nitrogen and oxygen atoms in total. The minimum atomic E-state index is -4.52. The predicted octanol–water partition coefficient (Wildman–Crippen LogP) is 3.86. The first-order chi connectivity index (χ1) is 10.7. The second kappa shape index (κ2) is 6.24. The number of nitro benzene ring substituents is 1. The second-order valence-corrected chi connectivity index (χ2v) is 5.29. The van der Waals surface area contributed by atoms with E-state index in [1.165, 1.54) is 12.1 Å². The van der Waals surface area contributed by atoms with E-state index in [1.807, 2.05) is 0 Å². The number of nitrogens with zero attached hydrogens (tertiary/aromatic N) is 2. The zero-order valence-electron chi connectivity index (χ0n) is 11.1. The molecule has 1 heterocycles. The largest absolute Gasteiger partial charge is 0.478 e. The molecule has 1 aromatic heterocycles. The monoisotopic (exact) mass is 344 g/mol. The molecule has 0 fully saturated rings. The van der Waals surface area contributed by atoms with Gasteiger partial charge in [-0.15, -0.1) is 0 Å². The van der Waals surface area contributed by atoms with Crippen LogP contribution in [0, 0.1) is 10.1 Å². The van der Waals surface area contributed by atoms with E-state index in [4.69, 9.17) is 5.11 Å². The van der Waals surface area contributed by atoms with Crippen LogP contribution < -0.4 is 0 Å². The fourth-order valence-corrected chi connectivity index (χ4v) is 2.44. The van der Waals surface area contributed by atoms with Gasteiger partial charge in [0, 0.05) is 12.3 Å². The lowest BCUT2D eigenvalue weighted by molar-refractivity contribution is -0.387. The van der Waals surface area contributed by atoms with E-state index >= 15 is 0 Å². The number of hydrogen-bond acceptors (Lipinski definition) is 5. The van der Waals surface area contributed by atoms with Crippen LogP contribution in [0.4, 0.5) is 18.9 Å². The number of aromatic nitrogens is 1. The van der Waals surface area contributed by atoms with Crippen LogP contribution in [0.15, 0.2) is 46.5 Å². The Hall–Kier alpha value is -2.62. The molecule has 0 aliphatic rings. The molecule has 0 saturated carbocycles. The summed E-state index contributed by atoms with van der Waals surface area (Å²) in [5.41, 5.74) is -1.66. The summed E-state index contributed by atoms with van der Waals surface area (Å²) in [6, 6.07) is 5.16. The Morgan fingerprint density at radius 3 is 2.43 bits per heavy atom. The molecule has 0 saturated heterocycles. The van der Waals surface area contributed by atoms with Gasteiger partial charge in [-0.05, 0) is 24.3 Å². The number of halogens is 3. The molecule has 0 spiro atoms. The van der Waals surface area contributed by atoms with Gasteiger partial charge in [0.05, 0.1) is 20.9 Å². The molecule has 0 atom stereocenters. The van der Waals surface area contributed by atoms with Gasteiger partial charge in [0.25, 0.3) is 5.69 Å². The van der Waals surface area contributed by atoms with Crippen molar-refractivity contribution in [2.24, 2.45) is 0 Å². The van der Waals surface area contributed by atoms with E-state index in [0.29, 0.717) is 6.20 Å². The normalized spacial score (nSPS) is 11.3. The Balaban J connectivity index is 2.32. The fourth-order valence-electron chi connectivity index (χ4n) is 1.60. The number of carboxylic acids is 1. The van der Waals surface area contributed by atoms with Gasteiger partial charge in [-0.2, -0.15) is 13.2 Å². The standard InChI is InChI=1S/C13H7F3N2O4S/c14-13(15,16)8-2-4-11(17-6-8)23-10-3-1-7(12(19)20)5-9(10)18(21)22/h1-6H,(H,19,20). The van der Waals surface area contributed by atoms with E-state index in [0.717, 1.165) is 30.0 Å². The molecular formula is C13H7F3N2O4S. The lowest BCUT2D eigenvalue weighted by Crippen LogP contribution is -2.05. The van der Waals surface area contributed by atoms with Gasteiger partial charge in [0.1, 0.15) is 5.03 Å². The maximum absolute atomic E-state index is 12.4. The van der Waals surface area contributed by atoms with Crippen molar-refractivity contribution in [1.82, 2.24) is 4.98 Å². The molecule has 0 bridgehead atoms. The molecule has 2 rings (SSSR count). The van der Waals surface area contributed by atoms with Crippen LogP contribution in [0.3, 0.4) is 0 Å². The SMILES string of the molecule is O=C(O)c1ccc(Sc2ccc(C(F)(F)F)cn2)c([N+](=O)[O-])c1. The first-order valence-electron chi connectivity index (χ1n) is 5.91. The molecule has 0 radical (unpaired) electrons. The van der Waals surface area contributed by atoms with Crippen molar-refractivity contribution in [1.29, 1.82) is 0 Å². The average molecular weight is 344 g/mol. The molecule has 0 amide bonds. The summed E-state index contributed by atoms with van der Waals surface area (Å²) >= 11 is 0.769. The Kier molecular flexibility index (Phi) is 4.55. The third-order valence-electron chi connectivity index (χ3n) is 2.68. The molecule has 2 aromatic rings. The quantitative estimate of drug-likeness (QED) is 0.669. The van der Waals surface area contributed by atoms with Gasteiger partial charge in [-0.1, -0.05) is 11.8 Å². The Labute approximate surface area is 131 Å². The summed E-state index contributed by atoms with van der Waals surface area (Å²) < 4.78 is 37.3. The average Bonchev–Trinajstić information content (AvgIpc) is 2.46. The van der Waals surface area contributed by atoms with Crippen LogP contribution in [0.25, 0.3) is 0 Å². The minimum absolute atomic E-state index is 0.0762. The predicted molar refractivity (Wildman–Crippen MR) is 73.4 cm³/mol. The van der Waals surface area contributed by atoms with E-state index in [9.17, 15) is 28.1 Å². The smallest absolute Gasteiger partial charge is 0.417 e. The van der Waals surface area contributed by atoms with Gasteiger partial charge < -0.3 is 5.11 Å². The van der Waals surface area contributed by atoms with Crippen molar-refractivity contribution in [3.8, 4) is 0 Å². The lowest BCUT2D eigenvalue weighted by Gasteiger charge is -2.07. The zero-order chi connectivity index (χ0) is 17.2. The number of rotatable bonds is 4. The van der Waals surface area contributed by atoms with Crippen LogP contribution in [0.1, 0.15) is 15.9 Å². The maximum Gasteiger partial charge on any atom is 0.417 e. The first-order valence-corrected chi connectivity index (χ1v) is 6.73. The highest BCUT2D eigenvalue weighted by Gasteiger charge is 2.30. The topological polar surface area (TPSA) is 93.3 Å². The molecule has 120 valence electrons. The van der Waals surface area contributed by atoms with Crippen molar-refractivity contribution in [2.45, 2.75) is 16.1 Å². The van der Waals surface area contributed by atoms with Crippen molar-refractivity contribution in [2.75, 3.05) is 0 Å². The summed E-state index contributed by atoms with van der Waals surface area (Å²) in [6.45, 7) is 0. The molecule has 0 unspecified atom stereocenters. The van der Waals surface area contributed by atoms with Crippen LogP contribution >= 0.6 is 11.8 Å². The van der Waals surface area contributed by atoms with E-state index in [-0.39, 0.29) is 15.5 Å². The summed E-state index contributed by atoms with van der Waals surface area (Å²) in [7, 11) is 0. The fraction of sp³-hybridized carbons (Fsp3) is 0.0769. The molecule has 23 heavy (non-hydrogen) atoms. The number of alkyl halides is 3. The second-order valence-electron chi connectivity index (χ2n) is 4.23. The molecule has 10 heteroatoms. The summed E-state index contributed by atoms with van der Waals surface area (Å²) in [5, 5.41) is 19.9. The van der Waals surface area contributed by atoms with Crippen LogP contribution in [-0.4, -0.2) is 21.0 Å². The Morgan fingerprint density at radius 1 is 1.26 bits per heavy atom. The Morgan fingerprint density at radius 2 is 1.96 bits per heavy atom. The molecule has 1 aromatic carbocycles. The number of nitro groups is 1. The minimum Gasteiger partial charge on any atom is -0.478 e. The third kappa shape index (κ3) is 3.97. The summed E-state index contributed by atoms with van der Waals surface area (Å²) in [4.78, 5) is 24.7. The number of carbonyl (C=O) groups is 1. The molecule has 1 N–H and O–H groups in total. The number of carboxylic acid groups (broad SMARTS) is 1. The van der Waals surface area contributed by atoms with E-state index < -0.39 is 28.3 Å². The Bertz CT molecular complexity index is 763.